The summed E-state index contributed by atoms with van der Waals surface area (Å²) in [4.78, 5) is 21.4. The molecule has 6 heteroatoms. The Kier molecular flexibility index (Phi) is 5.28. The molecule has 1 N–H and O–H groups in total. The molecule has 1 aliphatic rings. The van der Waals surface area contributed by atoms with Crippen molar-refractivity contribution in [3.63, 3.8) is 0 Å². The van der Waals surface area contributed by atoms with Gasteiger partial charge in [-0.1, -0.05) is 43.0 Å². The van der Waals surface area contributed by atoms with E-state index in [1.165, 1.54) is 10.9 Å². The van der Waals surface area contributed by atoms with Crippen molar-refractivity contribution < 1.29 is 4.79 Å². The predicted octanol–water partition coefficient (Wildman–Crippen LogP) is 4.13. The van der Waals surface area contributed by atoms with Gasteiger partial charge >= 0.3 is 6.03 Å². The molecular formula is C23H28N4OSi. The van der Waals surface area contributed by atoms with Gasteiger partial charge in [-0.25, -0.2) is 4.79 Å². The Bertz CT molecular complexity index is 1000. The Hall–Kier alpha value is -2.86. The molecule has 2 aromatic carbocycles. The number of carbonyl (C=O) groups is 1. The molecule has 3 aromatic rings. The van der Waals surface area contributed by atoms with Crippen molar-refractivity contribution in [2.75, 3.05) is 36.4 Å². The summed E-state index contributed by atoms with van der Waals surface area (Å²) in [6, 6.07) is 18.6. The van der Waals surface area contributed by atoms with Gasteiger partial charge in [-0.2, -0.15) is 0 Å². The minimum Gasteiger partial charge on any atom is -0.367 e. The monoisotopic (exact) mass is 404 g/mol. The second-order valence-electron chi connectivity index (χ2n) is 8.58. The molecule has 4 rings (SSSR count). The van der Waals surface area contributed by atoms with E-state index in [1.54, 1.807) is 0 Å². The average Bonchev–Trinajstić information content (AvgIpc) is 2.73. The number of nitrogens with one attached hydrogen (secondary N) is 1. The number of nitrogens with zero attached hydrogens (tertiary/aromatic N) is 3. The molecule has 0 atom stereocenters. The van der Waals surface area contributed by atoms with Crippen LogP contribution in [0.25, 0.3) is 10.9 Å². The SMILES string of the molecule is C[Si](C)(C)c1ccc(NC(=O)N2CCN(c3cccc4ncccc34)CC2)cc1. The van der Waals surface area contributed by atoms with Crippen LogP contribution in [-0.2, 0) is 0 Å². The highest BCUT2D eigenvalue weighted by molar-refractivity contribution is 6.88. The van der Waals surface area contributed by atoms with Crippen molar-refractivity contribution in [2.45, 2.75) is 19.6 Å². The second-order valence-corrected chi connectivity index (χ2v) is 13.7. The van der Waals surface area contributed by atoms with Crippen molar-refractivity contribution in [3.05, 3.63) is 60.8 Å². The van der Waals surface area contributed by atoms with Crippen molar-refractivity contribution in [1.82, 2.24) is 9.88 Å². The molecule has 150 valence electrons. The molecule has 0 spiro atoms. The largest absolute Gasteiger partial charge is 0.367 e. The minimum atomic E-state index is -1.32. The van der Waals surface area contributed by atoms with Crippen LogP contribution in [0.15, 0.2) is 60.8 Å². The summed E-state index contributed by atoms with van der Waals surface area (Å²) in [5.41, 5.74) is 3.06. The van der Waals surface area contributed by atoms with Crippen LogP contribution in [0.5, 0.6) is 0 Å². The molecule has 2 heterocycles. The Morgan fingerprint density at radius 1 is 0.931 bits per heavy atom. The number of pyridine rings is 1. The summed E-state index contributed by atoms with van der Waals surface area (Å²) in [7, 11) is -1.32. The van der Waals surface area contributed by atoms with Crippen LogP contribution in [0, 0.1) is 0 Å². The summed E-state index contributed by atoms with van der Waals surface area (Å²) < 4.78 is 0. The van der Waals surface area contributed by atoms with E-state index in [2.05, 4.69) is 59.1 Å². The van der Waals surface area contributed by atoms with Gasteiger partial charge in [0.25, 0.3) is 0 Å². The van der Waals surface area contributed by atoms with Crippen LogP contribution in [0.4, 0.5) is 16.2 Å². The maximum Gasteiger partial charge on any atom is 0.321 e. The lowest BCUT2D eigenvalue weighted by Crippen LogP contribution is -2.50. The lowest BCUT2D eigenvalue weighted by Gasteiger charge is -2.36. The highest BCUT2D eigenvalue weighted by Crippen LogP contribution is 2.26. The fourth-order valence-corrected chi connectivity index (χ4v) is 4.94. The topological polar surface area (TPSA) is 48.5 Å². The third kappa shape index (κ3) is 4.27. The number of rotatable bonds is 3. The lowest BCUT2D eigenvalue weighted by molar-refractivity contribution is 0.208. The van der Waals surface area contributed by atoms with Gasteiger partial charge in [-0.05, 0) is 36.4 Å². The average molecular weight is 405 g/mol. The van der Waals surface area contributed by atoms with E-state index in [1.807, 2.05) is 41.4 Å². The van der Waals surface area contributed by atoms with Gasteiger partial charge in [0.15, 0.2) is 0 Å². The van der Waals surface area contributed by atoms with Gasteiger partial charge in [0.2, 0.25) is 0 Å². The first-order chi connectivity index (χ1) is 13.9. The first-order valence-corrected chi connectivity index (χ1v) is 13.7. The molecular weight excluding hydrogens is 376 g/mol. The van der Waals surface area contributed by atoms with Gasteiger partial charge in [-0.15, -0.1) is 0 Å². The maximum absolute atomic E-state index is 12.7. The highest BCUT2D eigenvalue weighted by atomic mass is 28.3. The van der Waals surface area contributed by atoms with E-state index in [9.17, 15) is 4.79 Å². The summed E-state index contributed by atoms with van der Waals surface area (Å²) >= 11 is 0. The zero-order valence-electron chi connectivity index (χ0n) is 17.4. The Morgan fingerprint density at radius 3 is 2.34 bits per heavy atom. The third-order valence-corrected chi connectivity index (χ3v) is 7.60. The Morgan fingerprint density at radius 2 is 1.66 bits per heavy atom. The number of piperazine rings is 1. The molecule has 1 aliphatic heterocycles. The van der Waals surface area contributed by atoms with Gasteiger partial charge < -0.3 is 15.1 Å². The van der Waals surface area contributed by atoms with E-state index < -0.39 is 8.07 Å². The standard InChI is InChI=1S/C23H28N4OSi/c1-29(2,3)19-11-9-18(10-12-19)25-23(28)27-16-14-26(15-17-27)22-8-4-7-21-20(22)6-5-13-24-21/h4-13H,14-17H2,1-3H3,(H,25,28). The highest BCUT2D eigenvalue weighted by Gasteiger charge is 2.22. The molecule has 29 heavy (non-hydrogen) atoms. The summed E-state index contributed by atoms with van der Waals surface area (Å²) in [6.45, 7) is 10.0. The Labute approximate surface area is 173 Å². The zero-order chi connectivity index (χ0) is 20.4. The molecule has 1 aromatic heterocycles. The maximum atomic E-state index is 12.7. The van der Waals surface area contributed by atoms with Gasteiger partial charge in [-0.3, -0.25) is 4.98 Å². The Balaban J connectivity index is 1.38. The third-order valence-electron chi connectivity index (χ3n) is 5.53. The summed E-state index contributed by atoms with van der Waals surface area (Å²) in [6.07, 6.45) is 1.82. The van der Waals surface area contributed by atoms with Gasteiger partial charge in [0.1, 0.15) is 0 Å². The molecule has 1 saturated heterocycles. The van der Waals surface area contributed by atoms with Gasteiger partial charge in [0, 0.05) is 49.1 Å². The quantitative estimate of drug-likeness (QED) is 0.668. The van der Waals surface area contributed by atoms with Crippen LogP contribution in [0.1, 0.15) is 0 Å². The van der Waals surface area contributed by atoms with E-state index in [-0.39, 0.29) is 6.03 Å². The number of fused-ring (bicyclic) bond motifs is 1. The van der Waals surface area contributed by atoms with Crippen molar-refractivity contribution >= 4 is 41.6 Å². The van der Waals surface area contributed by atoms with Crippen LogP contribution >= 0.6 is 0 Å². The number of amides is 2. The first-order valence-electron chi connectivity index (χ1n) is 10.2. The number of urea groups is 1. The van der Waals surface area contributed by atoms with Crippen molar-refractivity contribution in [2.24, 2.45) is 0 Å². The normalized spacial score (nSPS) is 14.9. The zero-order valence-corrected chi connectivity index (χ0v) is 18.4. The number of benzene rings is 2. The minimum absolute atomic E-state index is 0.0232. The number of hydrogen-bond donors (Lipinski definition) is 1. The van der Waals surface area contributed by atoms with Gasteiger partial charge in [0.05, 0.1) is 13.6 Å². The number of hydrogen-bond acceptors (Lipinski definition) is 3. The number of aromatic nitrogens is 1. The van der Waals surface area contributed by atoms with Crippen molar-refractivity contribution in [1.29, 1.82) is 0 Å². The van der Waals surface area contributed by atoms with Crippen LogP contribution in [0.2, 0.25) is 19.6 Å². The molecule has 0 saturated carbocycles. The van der Waals surface area contributed by atoms with Crippen molar-refractivity contribution in [3.8, 4) is 0 Å². The lowest BCUT2D eigenvalue weighted by atomic mass is 10.1. The van der Waals surface area contributed by atoms with E-state index >= 15 is 0 Å². The van der Waals surface area contributed by atoms with E-state index in [0.717, 1.165) is 29.7 Å². The van der Waals surface area contributed by atoms with E-state index in [0.29, 0.717) is 13.1 Å². The van der Waals surface area contributed by atoms with E-state index in [4.69, 9.17) is 0 Å². The van der Waals surface area contributed by atoms with Crippen LogP contribution < -0.4 is 15.4 Å². The van der Waals surface area contributed by atoms with Crippen LogP contribution in [-0.4, -0.2) is 50.2 Å². The smallest absolute Gasteiger partial charge is 0.321 e. The number of anilines is 2. The molecule has 0 radical (unpaired) electrons. The molecule has 0 aliphatic carbocycles. The number of carbonyl (C=O) groups excluding carboxylic acids is 1. The molecule has 5 nitrogen and oxygen atoms in total. The molecule has 0 unspecified atom stereocenters. The molecule has 2 amide bonds. The summed E-state index contributed by atoms with van der Waals surface area (Å²) in [5, 5.41) is 5.61. The molecule has 1 fully saturated rings. The fourth-order valence-electron chi connectivity index (χ4n) is 3.77. The second kappa shape index (κ2) is 7.87. The molecule has 0 bridgehead atoms. The predicted molar refractivity (Wildman–Crippen MR) is 124 cm³/mol. The van der Waals surface area contributed by atoms with Crippen LogP contribution in [0.3, 0.4) is 0 Å². The summed E-state index contributed by atoms with van der Waals surface area (Å²) in [5.74, 6) is 0. The first kappa shape index (κ1) is 19.5. The fraction of sp³-hybridized carbons (Fsp3) is 0.304.